The Morgan fingerprint density at radius 2 is 2.33 bits per heavy atom. The van der Waals surface area contributed by atoms with Crippen LogP contribution in [0.25, 0.3) is 0 Å². The first-order valence-electron chi connectivity index (χ1n) is 4.31. The van der Waals surface area contributed by atoms with Gasteiger partial charge in [0.05, 0.1) is 0 Å². The molecule has 1 unspecified atom stereocenters. The summed E-state index contributed by atoms with van der Waals surface area (Å²) in [4.78, 5) is 6.82. The maximum Gasteiger partial charge on any atom is 0.103 e. The van der Waals surface area contributed by atoms with E-state index in [9.17, 15) is 0 Å². The number of allylic oxidation sites excluding steroid dienone is 2. The molecule has 0 bridgehead atoms. The van der Waals surface area contributed by atoms with E-state index in [-0.39, 0.29) is 5.54 Å². The molecule has 0 radical (unpaired) electrons. The van der Waals surface area contributed by atoms with Crippen molar-refractivity contribution in [3.05, 3.63) is 23.9 Å². The first-order chi connectivity index (χ1) is 5.63. The molecule has 1 aliphatic carbocycles. The van der Waals surface area contributed by atoms with Crippen LogP contribution in [0.4, 0.5) is 0 Å². The third kappa shape index (κ3) is 0.840. The molecule has 0 saturated heterocycles. The fourth-order valence-electron chi connectivity index (χ4n) is 1.92. The van der Waals surface area contributed by atoms with Crippen LogP contribution in [0.15, 0.2) is 28.9 Å². The normalized spacial score (nSPS) is 33.1. The zero-order valence-electron chi connectivity index (χ0n) is 7.83. The molecule has 12 heavy (non-hydrogen) atoms. The molecule has 0 aromatic rings. The highest BCUT2D eigenvalue weighted by Gasteiger charge is 2.36. The summed E-state index contributed by atoms with van der Waals surface area (Å²) in [5.41, 5.74) is 1.34. The van der Waals surface area contributed by atoms with Gasteiger partial charge in [0.1, 0.15) is 11.4 Å². The summed E-state index contributed by atoms with van der Waals surface area (Å²) in [7, 11) is 2.08. The van der Waals surface area contributed by atoms with E-state index in [0.717, 1.165) is 12.3 Å². The van der Waals surface area contributed by atoms with Gasteiger partial charge in [0.15, 0.2) is 0 Å². The fraction of sp³-hybridized carbons (Fsp3) is 0.500. The molecule has 0 aromatic heterocycles. The molecule has 2 heteroatoms. The Morgan fingerprint density at radius 3 is 3.00 bits per heavy atom. The van der Waals surface area contributed by atoms with E-state index >= 15 is 0 Å². The molecule has 2 nitrogen and oxygen atoms in total. The smallest absolute Gasteiger partial charge is 0.103 e. The van der Waals surface area contributed by atoms with Gasteiger partial charge in [-0.15, -0.1) is 0 Å². The van der Waals surface area contributed by atoms with Crippen LogP contribution in [0.3, 0.4) is 0 Å². The van der Waals surface area contributed by atoms with Crippen LogP contribution < -0.4 is 0 Å². The van der Waals surface area contributed by atoms with Gasteiger partial charge < -0.3 is 4.90 Å². The maximum atomic E-state index is 4.65. The molecule has 1 aliphatic heterocycles. The van der Waals surface area contributed by atoms with Crippen molar-refractivity contribution in [2.24, 2.45) is 4.99 Å². The second-order valence-electron chi connectivity index (χ2n) is 3.68. The Hall–Kier alpha value is -1.05. The quantitative estimate of drug-likeness (QED) is 0.531. The number of aliphatic imine (C=N–C) groups is 1. The molecule has 0 aromatic carbocycles. The SMILES string of the molecule is CC1=NC2(C)CC=CC=C2N1C. The number of rotatable bonds is 0. The van der Waals surface area contributed by atoms with Crippen molar-refractivity contribution in [2.45, 2.75) is 25.8 Å². The maximum absolute atomic E-state index is 4.65. The first-order valence-corrected chi connectivity index (χ1v) is 4.31. The molecule has 64 valence electrons. The van der Waals surface area contributed by atoms with E-state index in [1.165, 1.54) is 5.70 Å². The molecular formula is C10H14N2. The number of likely N-dealkylation sites (N-methyl/N-ethyl adjacent to an activating group) is 1. The van der Waals surface area contributed by atoms with Crippen molar-refractivity contribution in [1.29, 1.82) is 0 Å². The van der Waals surface area contributed by atoms with Crippen molar-refractivity contribution in [3.63, 3.8) is 0 Å². The zero-order chi connectivity index (χ0) is 8.77. The van der Waals surface area contributed by atoms with Crippen LogP contribution in [0.5, 0.6) is 0 Å². The van der Waals surface area contributed by atoms with Gasteiger partial charge in [0, 0.05) is 12.7 Å². The third-order valence-corrected chi connectivity index (χ3v) is 2.71. The lowest BCUT2D eigenvalue weighted by atomic mass is 9.91. The second-order valence-corrected chi connectivity index (χ2v) is 3.68. The molecule has 0 fully saturated rings. The Kier molecular flexibility index (Phi) is 1.40. The van der Waals surface area contributed by atoms with Gasteiger partial charge in [-0.2, -0.15) is 0 Å². The fourth-order valence-corrected chi connectivity index (χ4v) is 1.92. The van der Waals surface area contributed by atoms with E-state index in [1.54, 1.807) is 0 Å². The molecule has 0 spiro atoms. The summed E-state index contributed by atoms with van der Waals surface area (Å²) < 4.78 is 0. The Bertz CT molecular complexity index is 299. The average molecular weight is 162 g/mol. The Labute approximate surface area is 73.3 Å². The standard InChI is InChI=1S/C10H14N2/c1-8-11-10(2)7-5-4-6-9(10)12(8)3/h4-6H,7H2,1-3H3. The minimum atomic E-state index is 0.0214. The number of hydrogen-bond donors (Lipinski definition) is 0. The predicted molar refractivity (Wildman–Crippen MR) is 51.1 cm³/mol. The predicted octanol–water partition coefficient (Wildman–Crippen LogP) is 1.95. The lowest BCUT2D eigenvalue weighted by Crippen LogP contribution is -2.28. The Balaban J connectivity index is 2.46. The monoisotopic (exact) mass is 162 g/mol. The van der Waals surface area contributed by atoms with Gasteiger partial charge in [0.25, 0.3) is 0 Å². The van der Waals surface area contributed by atoms with Crippen LogP contribution in [-0.4, -0.2) is 23.3 Å². The van der Waals surface area contributed by atoms with E-state index < -0.39 is 0 Å². The van der Waals surface area contributed by atoms with Crippen molar-refractivity contribution < 1.29 is 0 Å². The molecule has 0 amide bonds. The largest absolute Gasteiger partial charge is 0.335 e. The molecule has 2 aliphatic rings. The van der Waals surface area contributed by atoms with Crippen LogP contribution in [0.1, 0.15) is 20.3 Å². The van der Waals surface area contributed by atoms with Gasteiger partial charge in [-0.1, -0.05) is 12.2 Å². The summed E-state index contributed by atoms with van der Waals surface area (Å²) in [6.45, 7) is 4.25. The van der Waals surface area contributed by atoms with E-state index in [2.05, 4.69) is 49.0 Å². The van der Waals surface area contributed by atoms with Gasteiger partial charge in [0.2, 0.25) is 0 Å². The van der Waals surface area contributed by atoms with Crippen molar-refractivity contribution in [1.82, 2.24) is 4.90 Å². The van der Waals surface area contributed by atoms with Gasteiger partial charge in [-0.05, 0) is 26.3 Å². The number of amidine groups is 1. The van der Waals surface area contributed by atoms with Gasteiger partial charge >= 0.3 is 0 Å². The van der Waals surface area contributed by atoms with Crippen molar-refractivity contribution >= 4 is 5.84 Å². The highest BCUT2D eigenvalue weighted by Crippen LogP contribution is 2.36. The molecular weight excluding hydrogens is 148 g/mol. The van der Waals surface area contributed by atoms with Crippen LogP contribution in [0.2, 0.25) is 0 Å². The van der Waals surface area contributed by atoms with E-state index in [0.29, 0.717) is 0 Å². The summed E-state index contributed by atoms with van der Waals surface area (Å²) in [6, 6.07) is 0. The van der Waals surface area contributed by atoms with Crippen molar-refractivity contribution in [2.75, 3.05) is 7.05 Å². The molecule has 0 N–H and O–H groups in total. The van der Waals surface area contributed by atoms with Crippen LogP contribution >= 0.6 is 0 Å². The first kappa shape index (κ1) is 7.59. The Morgan fingerprint density at radius 1 is 1.58 bits per heavy atom. The molecule has 1 atom stereocenters. The number of fused-ring (bicyclic) bond motifs is 1. The minimum absolute atomic E-state index is 0.0214. The van der Waals surface area contributed by atoms with Crippen LogP contribution in [-0.2, 0) is 0 Å². The average Bonchev–Trinajstić information content (AvgIpc) is 2.24. The van der Waals surface area contributed by atoms with Gasteiger partial charge in [-0.3, -0.25) is 4.99 Å². The summed E-state index contributed by atoms with van der Waals surface area (Å²) in [5.74, 6) is 1.12. The molecule has 0 saturated carbocycles. The lowest BCUT2D eigenvalue weighted by molar-refractivity contribution is 0.489. The van der Waals surface area contributed by atoms with Crippen LogP contribution in [0, 0.1) is 0 Å². The highest BCUT2D eigenvalue weighted by molar-refractivity contribution is 5.85. The third-order valence-electron chi connectivity index (χ3n) is 2.71. The molecule has 2 rings (SSSR count). The minimum Gasteiger partial charge on any atom is -0.335 e. The lowest BCUT2D eigenvalue weighted by Gasteiger charge is -2.26. The highest BCUT2D eigenvalue weighted by atomic mass is 15.3. The topological polar surface area (TPSA) is 15.6 Å². The van der Waals surface area contributed by atoms with E-state index in [4.69, 9.17) is 0 Å². The summed E-state index contributed by atoms with van der Waals surface area (Å²) in [5, 5.41) is 0. The molecule has 1 heterocycles. The number of hydrogen-bond acceptors (Lipinski definition) is 2. The zero-order valence-corrected chi connectivity index (χ0v) is 7.83. The van der Waals surface area contributed by atoms with Crippen molar-refractivity contribution in [3.8, 4) is 0 Å². The van der Waals surface area contributed by atoms with E-state index in [1.807, 2.05) is 0 Å². The summed E-state index contributed by atoms with van der Waals surface area (Å²) >= 11 is 0. The second kappa shape index (κ2) is 2.22. The van der Waals surface area contributed by atoms with Gasteiger partial charge in [-0.25, -0.2) is 0 Å². The summed E-state index contributed by atoms with van der Waals surface area (Å²) in [6.07, 6.45) is 7.48. The number of nitrogens with zero attached hydrogens (tertiary/aromatic N) is 2.